The van der Waals surface area contributed by atoms with Gasteiger partial charge < -0.3 is 19.9 Å². The third kappa shape index (κ3) is 4.48. The first-order valence-corrected chi connectivity index (χ1v) is 12.6. The van der Waals surface area contributed by atoms with Gasteiger partial charge in [0.05, 0.1) is 5.92 Å². The third-order valence-corrected chi connectivity index (χ3v) is 8.26. The average molecular weight is 482 g/mol. The molecule has 5 rings (SSSR count). The molecule has 0 spiro atoms. The Morgan fingerprint density at radius 2 is 1.79 bits per heavy atom. The van der Waals surface area contributed by atoms with E-state index in [9.17, 15) is 22.8 Å². The Balaban J connectivity index is 1.25. The monoisotopic (exact) mass is 481 g/mol. The maximum absolute atomic E-state index is 13.9. The predicted octanol–water partition coefficient (Wildman–Crippen LogP) is 3.25. The van der Waals surface area contributed by atoms with Gasteiger partial charge in [0, 0.05) is 50.3 Å². The minimum absolute atomic E-state index is 0.0369. The zero-order chi connectivity index (χ0) is 24.2. The van der Waals surface area contributed by atoms with Crippen LogP contribution in [0, 0.1) is 23.7 Å². The summed E-state index contributed by atoms with van der Waals surface area (Å²) in [5, 5.41) is 3.33. The summed E-state index contributed by atoms with van der Waals surface area (Å²) < 4.78 is 47.4. The Kier molecular flexibility index (Phi) is 6.19. The first kappa shape index (κ1) is 23.7. The quantitative estimate of drug-likeness (QED) is 0.672. The van der Waals surface area contributed by atoms with Crippen LogP contribution in [0.2, 0.25) is 0 Å². The summed E-state index contributed by atoms with van der Waals surface area (Å²) >= 11 is 0. The highest BCUT2D eigenvalue weighted by Crippen LogP contribution is 2.52. The van der Waals surface area contributed by atoms with Crippen LogP contribution in [-0.4, -0.2) is 72.7 Å². The molecule has 2 amide bonds. The average Bonchev–Trinajstić information content (AvgIpc) is 3.61. The highest BCUT2D eigenvalue weighted by atomic mass is 19.4. The largest absolute Gasteiger partial charge is 0.479 e. The van der Waals surface area contributed by atoms with Crippen molar-refractivity contribution in [2.45, 2.75) is 64.3 Å². The van der Waals surface area contributed by atoms with Crippen LogP contribution in [0.5, 0.6) is 0 Å². The lowest BCUT2D eigenvalue weighted by atomic mass is 9.76. The molecule has 1 N–H and O–H groups in total. The second-order valence-electron chi connectivity index (χ2n) is 10.7. The number of amides is 2. The SMILES string of the molecule is CC1=C(C(=O)N2CCC(C(=O)N3CCNC(C)C3)CC2)OC2C1=CC(C1CC1)CC2C(F)(F)F. The molecule has 5 aliphatic rings. The number of alkyl halides is 3. The summed E-state index contributed by atoms with van der Waals surface area (Å²) in [6, 6.07) is 0.270. The maximum atomic E-state index is 13.9. The molecule has 4 atom stereocenters. The Bertz CT molecular complexity index is 903. The fourth-order valence-electron chi connectivity index (χ4n) is 6.09. The second kappa shape index (κ2) is 8.88. The van der Waals surface area contributed by atoms with Crippen LogP contribution in [-0.2, 0) is 14.3 Å². The number of nitrogens with zero attached hydrogens (tertiary/aromatic N) is 2. The van der Waals surface area contributed by atoms with E-state index in [1.807, 2.05) is 11.0 Å². The zero-order valence-electron chi connectivity index (χ0n) is 19.9. The van der Waals surface area contributed by atoms with E-state index in [2.05, 4.69) is 12.2 Å². The van der Waals surface area contributed by atoms with E-state index in [1.54, 1.807) is 11.8 Å². The first-order valence-electron chi connectivity index (χ1n) is 12.6. The number of likely N-dealkylation sites (tertiary alicyclic amines) is 1. The van der Waals surface area contributed by atoms with E-state index in [1.165, 1.54) is 0 Å². The minimum atomic E-state index is -4.36. The molecular formula is C25H34F3N3O3. The summed E-state index contributed by atoms with van der Waals surface area (Å²) in [6.45, 7) is 6.76. The molecule has 3 fully saturated rings. The highest BCUT2D eigenvalue weighted by molar-refractivity contribution is 5.94. The van der Waals surface area contributed by atoms with Crippen molar-refractivity contribution in [2.75, 3.05) is 32.7 Å². The van der Waals surface area contributed by atoms with Gasteiger partial charge in [0.1, 0.15) is 6.10 Å². The molecule has 0 radical (unpaired) electrons. The molecule has 34 heavy (non-hydrogen) atoms. The fourth-order valence-corrected chi connectivity index (χ4v) is 6.09. The molecule has 2 aliphatic carbocycles. The number of nitrogens with one attached hydrogen (secondary N) is 1. The van der Waals surface area contributed by atoms with Crippen molar-refractivity contribution >= 4 is 11.8 Å². The van der Waals surface area contributed by atoms with E-state index >= 15 is 0 Å². The minimum Gasteiger partial charge on any atom is -0.479 e. The molecule has 3 heterocycles. The van der Waals surface area contributed by atoms with Crippen molar-refractivity contribution in [1.82, 2.24) is 15.1 Å². The van der Waals surface area contributed by atoms with E-state index < -0.39 is 18.2 Å². The van der Waals surface area contributed by atoms with Crippen molar-refractivity contribution < 1.29 is 27.5 Å². The highest BCUT2D eigenvalue weighted by Gasteiger charge is 2.54. The molecule has 6 nitrogen and oxygen atoms in total. The molecule has 188 valence electrons. The molecule has 1 saturated carbocycles. The van der Waals surface area contributed by atoms with E-state index in [4.69, 9.17) is 4.74 Å². The third-order valence-electron chi connectivity index (χ3n) is 8.26. The number of allylic oxidation sites excluding steroid dienone is 1. The summed E-state index contributed by atoms with van der Waals surface area (Å²) in [7, 11) is 0. The molecule has 0 aromatic carbocycles. The standard InChI is InChI=1S/C25H34F3N3O3/c1-14-13-31(10-7-29-14)23(32)17-5-8-30(9-6-17)24(33)21-15(2)19-11-18(16-3-4-16)12-20(22(19)34-21)25(26,27)28/h11,14,16-18,20,22,29H,3-10,12-13H2,1-2H3. The number of halogens is 3. The molecule has 2 saturated heterocycles. The number of hydrogen-bond donors (Lipinski definition) is 1. The maximum Gasteiger partial charge on any atom is 0.395 e. The number of carbonyl (C=O) groups excluding carboxylic acids is 2. The van der Waals surface area contributed by atoms with Crippen LogP contribution in [0.1, 0.15) is 46.0 Å². The van der Waals surface area contributed by atoms with Gasteiger partial charge in [-0.15, -0.1) is 0 Å². The number of fused-ring (bicyclic) bond motifs is 1. The molecule has 9 heteroatoms. The van der Waals surface area contributed by atoms with Gasteiger partial charge in [-0.3, -0.25) is 9.59 Å². The number of rotatable bonds is 3. The Labute approximate surface area is 198 Å². The first-order chi connectivity index (χ1) is 16.1. The van der Waals surface area contributed by atoms with E-state index in [0.717, 1.165) is 19.4 Å². The van der Waals surface area contributed by atoms with Crippen LogP contribution < -0.4 is 5.32 Å². The molecule has 0 aromatic rings. The van der Waals surface area contributed by atoms with Crippen molar-refractivity contribution in [3.8, 4) is 0 Å². The Morgan fingerprint density at radius 3 is 2.41 bits per heavy atom. The lowest BCUT2D eigenvalue weighted by Crippen LogP contribution is -2.54. The van der Waals surface area contributed by atoms with Crippen LogP contribution in [0.15, 0.2) is 23.0 Å². The van der Waals surface area contributed by atoms with Crippen molar-refractivity contribution in [3.63, 3.8) is 0 Å². The molecule has 0 aromatic heterocycles. The number of piperazine rings is 1. The number of ether oxygens (including phenoxy) is 1. The Hall–Kier alpha value is -2.03. The number of hydrogen-bond acceptors (Lipinski definition) is 4. The molecular weight excluding hydrogens is 447 g/mol. The van der Waals surface area contributed by atoms with Gasteiger partial charge in [-0.1, -0.05) is 6.08 Å². The van der Waals surface area contributed by atoms with Gasteiger partial charge >= 0.3 is 6.18 Å². The summed E-state index contributed by atoms with van der Waals surface area (Å²) in [5.74, 6) is -1.62. The zero-order valence-corrected chi connectivity index (χ0v) is 19.9. The van der Waals surface area contributed by atoms with Crippen LogP contribution >= 0.6 is 0 Å². The predicted molar refractivity (Wildman–Crippen MR) is 119 cm³/mol. The fraction of sp³-hybridized carbons (Fsp3) is 0.760. The second-order valence-corrected chi connectivity index (χ2v) is 10.7. The smallest absolute Gasteiger partial charge is 0.395 e. The lowest BCUT2D eigenvalue weighted by molar-refractivity contribution is -0.202. The van der Waals surface area contributed by atoms with Crippen LogP contribution in [0.3, 0.4) is 0 Å². The van der Waals surface area contributed by atoms with Crippen molar-refractivity contribution in [1.29, 1.82) is 0 Å². The molecule has 4 unspecified atom stereocenters. The van der Waals surface area contributed by atoms with Crippen molar-refractivity contribution in [2.24, 2.45) is 23.7 Å². The summed E-state index contributed by atoms with van der Waals surface area (Å²) in [4.78, 5) is 29.8. The van der Waals surface area contributed by atoms with Gasteiger partial charge in [-0.05, 0) is 63.4 Å². The van der Waals surface area contributed by atoms with Gasteiger partial charge in [0.15, 0.2) is 5.76 Å². The number of carbonyl (C=O) groups is 2. The topological polar surface area (TPSA) is 61.9 Å². The van der Waals surface area contributed by atoms with Gasteiger partial charge in [0.25, 0.3) is 5.91 Å². The number of piperidine rings is 1. The lowest BCUT2D eigenvalue weighted by Gasteiger charge is -2.37. The summed E-state index contributed by atoms with van der Waals surface area (Å²) in [5.41, 5.74) is 1.09. The van der Waals surface area contributed by atoms with E-state index in [0.29, 0.717) is 56.1 Å². The van der Waals surface area contributed by atoms with Gasteiger partial charge in [-0.2, -0.15) is 13.2 Å². The van der Waals surface area contributed by atoms with Crippen LogP contribution in [0.25, 0.3) is 0 Å². The normalized spacial score (nSPS) is 32.9. The Morgan fingerprint density at radius 1 is 1.09 bits per heavy atom. The van der Waals surface area contributed by atoms with Gasteiger partial charge in [0.2, 0.25) is 5.91 Å². The molecule has 0 bridgehead atoms. The van der Waals surface area contributed by atoms with Crippen LogP contribution in [0.4, 0.5) is 13.2 Å². The van der Waals surface area contributed by atoms with Gasteiger partial charge in [-0.25, -0.2) is 0 Å². The van der Waals surface area contributed by atoms with Crippen molar-refractivity contribution in [3.05, 3.63) is 23.0 Å². The molecule has 3 aliphatic heterocycles. The van der Waals surface area contributed by atoms with E-state index in [-0.39, 0.29) is 41.9 Å². The summed E-state index contributed by atoms with van der Waals surface area (Å²) in [6.07, 6.45) is -0.431.